The number of rotatable bonds is 4. The second kappa shape index (κ2) is 6.73. The van der Waals surface area contributed by atoms with Crippen molar-refractivity contribution in [3.63, 3.8) is 0 Å². The Bertz CT molecular complexity index is 425. The summed E-state index contributed by atoms with van der Waals surface area (Å²) in [6.07, 6.45) is 5.79. The van der Waals surface area contributed by atoms with Crippen LogP contribution in [0.1, 0.15) is 40.5 Å². The molecule has 0 amide bonds. The van der Waals surface area contributed by atoms with Crippen LogP contribution in [0.2, 0.25) is 0 Å². The number of allylic oxidation sites excluding steroid dienone is 1. The molecule has 124 valence electrons. The molecule has 2 rings (SSSR count). The monoisotopic (exact) mass is 307 g/mol. The largest absolute Gasteiger partial charge is 0.497 e. The van der Waals surface area contributed by atoms with Crippen LogP contribution < -0.4 is 5.73 Å². The Kier molecular flexibility index (Phi) is 5.35. The topological polar surface area (TPSA) is 60.1 Å². The van der Waals surface area contributed by atoms with Gasteiger partial charge in [0.25, 0.3) is 0 Å². The normalized spacial score (nSPS) is 27.0. The van der Waals surface area contributed by atoms with Crippen LogP contribution in [-0.2, 0) is 9.31 Å². The molecule has 2 N–H and O–H groups in total. The average molecular weight is 307 g/mol. The Morgan fingerprint density at radius 2 is 1.77 bits per heavy atom. The van der Waals surface area contributed by atoms with Gasteiger partial charge in [0.2, 0.25) is 0 Å². The van der Waals surface area contributed by atoms with E-state index in [1.165, 1.54) is 12.8 Å². The van der Waals surface area contributed by atoms with Crippen molar-refractivity contribution in [2.75, 3.05) is 26.7 Å². The molecule has 6 heteroatoms. The molecule has 2 heterocycles. The molecule has 2 aliphatic heterocycles. The molecule has 2 aliphatic rings. The van der Waals surface area contributed by atoms with E-state index in [1.807, 2.05) is 33.9 Å². The van der Waals surface area contributed by atoms with E-state index in [4.69, 9.17) is 15.0 Å². The highest BCUT2D eigenvalue weighted by Gasteiger charge is 2.52. The zero-order chi connectivity index (χ0) is 16.4. The van der Waals surface area contributed by atoms with E-state index in [9.17, 15) is 0 Å². The van der Waals surface area contributed by atoms with Gasteiger partial charge in [0, 0.05) is 18.2 Å². The summed E-state index contributed by atoms with van der Waals surface area (Å²) in [6, 6.07) is 0. The first-order valence-electron chi connectivity index (χ1n) is 8.21. The first-order chi connectivity index (χ1) is 10.2. The van der Waals surface area contributed by atoms with Crippen LogP contribution in [0.5, 0.6) is 0 Å². The summed E-state index contributed by atoms with van der Waals surface area (Å²) < 4.78 is 12.0. The lowest BCUT2D eigenvalue weighted by Crippen LogP contribution is -2.41. The summed E-state index contributed by atoms with van der Waals surface area (Å²) in [5, 5.41) is 0. The minimum absolute atomic E-state index is 0.353. The Morgan fingerprint density at radius 3 is 2.27 bits per heavy atom. The highest BCUT2D eigenvalue weighted by atomic mass is 16.7. The zero-order valence-electron chi connectivity index (χ0n) is 14.6. The first-order valence-corrected chi connectivity index (χ1v) is 8.21. The van der Waals surface area contributed by atoms with Crippen molar-refractivity contribution in [3.8, 4) is 0 Å². The minimum Gasteiger partial charge on any atom is -0.405 e. The van der Waals surface area contributed by atoms with Crippen LogP contribution in [0.3, 0.4) is 0 Å². The van der Waals surface area contributed by atoms with Crippen LogP contribution in [0.25, 0.3) is 0 Å². The van der Waals surface area contributed by atoms with Gasteiger partial charge >= 0.3 is 7.12 Å². The molecule has 0 radical (unpaired) electrons. The third-order valence-corrected chi connectivity index (χ3v) is 5.16. The molecule has 0 aromatic carbocycles. The molecule has 0 aromatic rings. The lowest BCUT2D eigenvalue weighted by Gasteiger charge is -2.32. The predicted octanol–water partition coefficient (Wildman–Crippen LogP) is 1.87. The number of hydrogen-bond acceptors (Lipinski definition) is 5. The number of hydrogen-bond donors (Lipinski definition) is 1. The number of nitrogens with two attached hydrogens (primary N) is 1. The van der Waals surface area contributed by atoms with Gasteiger partial charge in [-0.05, 0) is 72.8 Å². The van der Waals surface area contributed by atoms with E-state index in [0.717, 1.165) is 25.1 Å². The van der Waals surface area contributed by atoms with E-state index in [1.54, 1.807) is 6.20 Å². The lowest BCUT2D eigenvalue weighted by molar-refractivity contribution is 0.00578. The number of nitrogens with zero attached hydrogens (tertiary/aromatic N) is 2. The molecule has 0 aromatic heterocycles. The Hall–Kier alpha value is -0.845. The van der Waals surface area contributed by atoms with Gasteiger partial charge in [0.15, 0.2) is 0 Å². The van der Waals surface area contributed by atoms with Gasteiger partial charge in [0.05, 0.1) is 11.2 Å². The minimum atomic E-state index is -0.434. The molecule has 0 aliphatic carbocycles. The van der Waals surface area contributed by atoms with Crippen LogP contribution >= 0.6 is 0 Å². The molecule has 0 atom stereocenters. The van der Waals surface area contributed by atoms with Crippen molar-refractivity contribution in [2.45, 2.75) is 51.7 Å². The Balaban J connectivity index is 1.89. The highest BCUT2D eigenvalue weighted by Crippen LogP contribution is 2.38. The third-order valence-electron chi connectivity index (χ3n) is 5.16. The summed E-state index contributed by atoms with van der Waals surface area (Å²) in [5.74, 6) is 0.671. The molecule has 0 unspecified atom stereocenters. The van der Waals surface area contributed by atoms with Gasteiger partial charge in [0.1, 0.15) is 0 Å². The second-order valence-electron chi connectivity index (χ2n) is 7.50. The van der Waals surface area contributed by atoms with Gasteiger partial charge < -0.3 is 19.9 Å². The molecule has 2 fully saturated rings. The number of likely N-dealkylation sites (tertiary alicyclic amines) is 1. The van der Waals surface area contributed by atoms with Crippen LogP contribution in [0, 0.1) is 5.92 Å². The van der Waals surface area contributed by atoms with Crippen molar-refractivity contribution in [1.82, 2.24) is 4.90 Å². The second-order valence-corrected chi connectivity index (χ2v) is 7.50. The van der Waals surface area contributed by atoms with Crippen LogP contribution in [0.15, 0.2) is 16.7 Å². The summed E-state index contributed by atoms with van der Waals surface area (Å²) in [6.45, 7) is 11.3. The van der Waals surface area contributed by atoms with E-state index < -0.39 is 7.12 Å². The van der Waals surface area contributed by atoms with Gasteiger partial charge in [-0.1, -0.05) is 0 Å². The van der Waals surface area contributed by atoms with Crippen molar-refractivity contribution in [2.24, 2.45) is 16.6 Å². The molecule has 22 heavy (non-hydrogen) atoms. The molecular formula is C16H30BN3O2. The maximum atomic E-state index is 6.01. The fourth-order valence-corrected chi connectivity index (χ4v) is 2.71. The quantitative estimate of drug-likeness (QED) is 0.636. The van der Waals surface area contributed by atoms with Crippen molar-refractivity contribution in [1.29, 1.82) is 0 Å². The third kappa shape index (κ3) is 3.92. The first kappa shape index (κ1) is 17.5. The predicted molar refractivity (Wildman–Crippen MR) is 91.9 cm³/mol. The maximum Gasteiger partial charge on any atom is 0.497 e. The smallest absolute Gasteiger partial charge is 0.405 e. The standard InChI is InChI=1S/C16H30BN3O2/c1-15(2)16(3,4)22-17(21-15)14(10-18)12-19-11-13-6-8-20(5)9-7-13/h10,12-13H,6-9,11,18H2,1-5H3. The average Bonchev–Trinajstić information content (AvgIpc) is 2.65. The fourth-order valence-electron chi connectivity index (χ4n) is 2.71. The van der Waals surface area contributed by atoms with E-state index >= 15 is 0 Å². The number of piperidine rings is 1. The van der Waals surface area contributed by atoms with E-state index in [-0.39, 0.29) is 11.2 Å². The molecule has 0 bridgehead atoms. The van der Waals surface area contributed by atoms with Gasteiger partial charge in [-0.15, -0.1) is 0 Å². The van der Waals surface area contributed by atoms with Crippen molar-refractivity contribution >= 4 is 13.3 Å². The summed E-state index contributed by atoms with van der Waals surface area (Å²) >= 11 is 0. The SMILES string of the molecule is CN1CCC(CN=CC(=CN)B2OC(C)(C)C(C)(C)O2)CC1. The van der Waals surface area contributed by atoms with E-state index in [2.05, 4.69) is 16.9 Å². The Morgan fingerprint density at radius 1 is 1.23 bits per heavy atom. The molecule has 0 saturated carbocycles. The van der Waals surface area contributed by atoms with Gasteiger partial charge in [-0.2, -0.15) is 0 Å². The summed E-state index contributed by atoms with van der Waals surface area (Å²) in [4.78, 5) is 6.95. The van der Waals surface area contributed by atoms with E-state index in [0.29, 0.717) is 5.92 Å². The number of aliphatic imine (C=N–C) groups is 1. The van der Waals surface area contributed by atoms with Crippen LogP contribution in [0.4, 0.5) is 0 Å². The maximum absolute atomic E-state index is 6.01. The van der Waals surface area contributed by atoms with Gasteiger partial charge in [-0.25, -0.2) is 0 Å². The molecule has 5 nitrogen and oxygen atoms in total. The summed E-state index contributed by atoms with van der Waals surface area (Å²) in [5.41, 5.74) is 5.84. The summed E-state index contributed by atoms with van der Waals surface area (Å²) in [7, 11) is 1.74. The van der Waals surface area contributed by atoms with Crippen molar-refractivity contribution in [3.05, 3.63) is 11.7 Å². The molecular weight excluding hydrogens is 277 g/mol. The molecule has 2 saturated heterocycles. The molecule has 0 spiro atoms. The Labute approximate surface area is 135 Å². The zero-order valence-corrected chi connectivity index (χ0v) is 14.6. The van der Waals surface area contributed by atoms with Gasteiger partial charge in [-0.3, -0.25) is 4.99 Å². The highest BCUT2D eigenvalue weighted by molar-refractivity contribution is 6.60. The van der Waals surface area contributed by atoms with Crippen LogP contribution in [-0.4, -0.2) is 56.1 Å². The lowest BCUT2D eigenvalue weighted by atomic mass is 9.79. The fraction of sp³-hybridized carbons (Fsp3) is 0.812. The van der Waals surface area contributed by atoms with Crippen molar-refractivity contribution < 1.29 is 9.31 Å².